The molecule has 0 spiro atoms. The van der Waals surface area contributed by atoms with Crippen LogP contribution in [0.2, 0.25) is 0 Å². The van der Waals surface area contributed by atoms with Gasteiger partial charge < -0.3 is 24.4 Å². The minimum absolute atomic E-state index is 0.170. The lowest BCUT2D eigenvalue weighted by molar-refractivity contribution is -0.226. The van der Waals surface area contributed by atoms with Crippen molar-refractivity contribution < 1.29 is 34.0 Å². The molecular formula is C19H26O7. The van der Waals surface area contributed by atoms with E-state index in [9.17, 15) is 19.8 Å². The van der Waals surface area contributed by atoms with Crippen molar-refractivity contribution in [2.24, 2.45) is 11.8 Å². The number of carbonyl (C=O) groups excluding carboxylic acids is 2. The summed E-state index contributed by atoms with van der Waals surface area (Å²) in [7, 11) is 0. The van der Waals surface area contributed by atoms with Crippen LogP contribution in [0, 0.1) is 11.8 Å². The van der Waals surface area contributed by atoms with Gasteiger partial charge in [0.15, 0.2) is 0 Å². The minimum Gasteiger partial charge on any atom is -0.461 e. The van der Waals surface area contributed by atoms with Gasteiger partial charge in [0.05, 0.1) is 17.4 Å². The fourth-order valence-electron chi connectivity index (χ4n) is 4.00. The van der Waals surface area contributed by atoms with Crippen LogP contribution in [-0.4, -0.2) is 51.9 Å². The summed E-state index contributed by atoms with van der Waals surface area (Å²) in [6.45, 7) is 10.6. The largest absolute Gasteiger partial charge is 0.461 e. The summed E-state index contributed by atoms with van der Waals surface area (Å²) >= 11 is 0. The number of esters is 2. The highest BCUT2D eigenvalue weighted by Gasteiger charge is 2.58. The first-order chi connectivity index (χ1) is 12.0. The zero-order chi connectivity index (χ0) is 19.4. The maximum Gasteiger partial charge on any atom is 0.334 e. The number of carbonyl (C=O) groups is 2. The normalized spacial score (nSPS) is 42.5. The van der Waals surface area contributed by atoms with E-state index in [0.29, 0.717) is 5.57 Å². The Labute approximate surface area is 152 Å². The predicted octanol–water partition coefficient (Wildman–Crippen LogP) is 1.23. The van der Waals surface area contributed by atoms with E-state index in [2.05, 4.69) is 6.58 Å². The highest BCUT2D eigenvalue weighted by atomic mass is 16.7. The van der Waals surface area contributed by atoms with Gasteiger partial charge in [0, 0.05) is 18.4 Å². The molecule has 2 bridgehead atoms. The van der Waals surface area contributed by atoms with Crippen LogP contribution in [0.3, 0.4) is 0 Å². The van der Waals surface area contributed by atoms with Crippen LogP contribution in [0.15, 0.2) is 23.8 Å². The quantitative estimate of drug-likeness (QED) is 0.430. The molecule has 0 aliphatic carbocycles. The van der Waals surface area contributed by atoms with Crippen LogP contribution < -0.4 is 0 Å². The second kappa shape index (κ2) is 6.18. The summed E-state index contributed by atoms with van der Waals surface area (Å²) in [6, 6.07) is 0. The van der Waals surface area contributed by atoms with Crippen molar-refractivity contribution in [1.82, 2.24) is 0 Å². The molecule has 0 amide bonds. The maximum absolute atomic E-state index is 12.2. The smallest absolute Gasteiger partial charge is 0.334 e. The van der Waals surface area contributed by atoms with Crippen molar-refractivity contribution in [2.45, 2.75) is 70.2 Å². The molecule has 6 atom stereocenters. The number of hydrogen-bond donors (Lipinski definition) is 2. The molecule has 2 fully saturated rings. The zero-order valence-electron chi connectivity index (χ0n) is 15.5. The Morgan fingerprint density at radius 2 is 2.08 bits per heavy atom. The van der Waals surface area contributed by atoms with E-state index in [1.807, 2.05) is 0 Å². The number of rotatable bonds is 2. The van der Waals surface area contributed by atoms with Gasteiger partial charge in [-0.2, -0.15) is 0 Å². The van der Waals surface area contributed by atoms with Crippen LogP contribution in [0.1, 0.15) is 40.5 Å². The lowest BCUT2D eigenvalue weighted by Gasteiger charge is -2.33. The molecule has 26 heavy (non-hydrogen) atoms. The molecule has 3 rings (SSSR count). The number of aliphatic hydroxyl groups is 2. The first-order valence-corrected chi connectivity index (χ1v) is 8.86. The fourth-order valence-corrected chi connectivity index (χ4v) is 4.00. The first kappa shape index (κ1) is 19.1. The molecule has 7 heteroatoms. The van der Waals surface area contributed by atoms with Gasteiger partial charge in [0.2, 0.25) is 5.79 Å². The lowest BCUT2D eigenvalue weighted by Crippen LogP contribution is -2.41. The standard InChI is InChI=1S/C19H26O7/c1-9(2)16(21)25-13-7-18(5)8-14(20)19(23,26-18)10(3)6-12-15(13)11(4)17(22)24-12/h6,9,12-15,20,23H,4,7-8H2,1-3,5H3. The average Bonchev–Trinajstić information content (AvgIpc) is 2.92. The Morgan fingerprint density at radius 1 is 1.42 bits per heavy atom. The van der Waals surface area contributed by atoms with Gasteiger partial charge in [-0.05, 0) is 25.5 Å². The molecule has 0 aromatic carbocycles. The van der Waals surface area contributed by atoms with Gasteiger partial charge in [-0.1, -0.05) is 20.4 Å². The Bertz CT molecular complexity index is 681. The molecule has 3 heterocycles. The van der Waals surface area contributed by atoms with Crippen LogP contribution in [0.4, 0.5) is 0 Å². The molecule has 3 aliphatic heterocycles. The molecule has 0 aromatic heterocycles. The van der Waals surface area contributed by atoms with Crippen molar-refractivity contribution in [3.05, 3.63) is 23.8 Å². The predicted molar refractivity (Wildman–Crippen MR) is 90.7 cm³/mol. The van der Waals surface area contributed by atoms with E-state index >= 15 is 0 Å². The maximum atomic E-state index is 12.2. The van der Waals surface area contributed by atoms with E-state index in [1.165, 1.54) is 0 Å². The Morgan fingerprint density at radius 3 is 2.69 bits per heavy atom. The minimum atomic E-state index is -1.87. The van der Waals surface area contributed by atoms with Crippen molar-refractivity contribution in [1.29, 1.82) is 0 Å². The van der Waals surface area contributed by atoms with Crippen LogP contribution in [-0.2, 0) is 23.8 Å². The van der Waals surface area contributed by atoms with Crippen LogP contribution >= 0.6 is 0 Å². The molecule has 0 saturated carbocycles. The second-order valence-electron chi connectivity index (χ2n) is 8.07. The lowest BCUT2D eigenvalue weighted by atomic mass is 9.81. The average molecular weight is 366 g/mol. The van der Waals surface area contributed by atoms with Crippen LogP contribution in [0.5, 0.6) is 0 Å². The molecule has 2 saturated heterocycles. The number of aliphatic hydroxyl groups excluding tert-OH is 1. The topological polar surface area (TPSA) is 102 Å². The Kier molecular flexibility index (Phi) is 4.53. The number of fused-ring (bicyclic) bond motifs is 3. The zero-order valence-corrected chi connectivity index (χ0v) is 15.5. The van der Waals surface area contributed by atoms with Crippen molar-refractivity contribution >= 4 is 11.9 Å². The monoisotopic (exact) mass is 366 g/mol. The molecule has 7 nitrogen and oxygen atoms in total. The van der Waals surface area contributed by atoms with Crippen molar-refractivity contribution in [2.75, 3.05) is 0 Å². The van der Waals surface area contributed by atoms with Crippen molar-refractivity contribution in [3.8, 4) is 0 Å². The Balaban J connectivity index is 2.06. The van der Waals surface area contributed by atoms with Gasteiger partial charge in [0.1, 0.15) is 18.3 Å². The summed E-state index contributed by atoms with van der Waals surface area (Å²) in [6.07, 6.45) is -0.691. The van der Waals surface area contributed by atoms with E-state index in [0.717, 1.165) is 0 Å². The fraction of sp³-hybridized carbons (Fsp3) is 0.684. The summed E-state index contributed by atoms with van der Waals surface area (Å²) < 4.78 is 16.9. The van der Waals surface area contributed by atoms with Gasteiger partial charge in [-0.25, -0.2) is 4.79 Å². The van der Waals surface area contributed by atoms with Gasteiger partial charge >= 0.3 is 11.9 Å². The van der Waals surface area contributed by atoms with Gasteiger partial charge in [-0.15, -0.1) is 0 Å². The van der Waals surface area contributed by atoms with Crippen molar-refractivity contribution in [3.63, 3.8) is 0 Å². The second-order valence-corrected chi connectivity index (χ2v) is 8.07. The molecular weight excluding hydrogens is 340 g/mol. The number of ether oxygens (including phenoxy) is 3. The summed E-state index contributed by atoms with van der Waals surface area (Å²) in [5.41, 5.74) is -0.358. The van der Waals surface area contributed by atoms with Crippen LogP contribution in [0.25, 0.3) is 0 Å². The van der Waals surface area contributed by atoms with Gasteiger partial charge in [0.25, 0.3) is 0 Å². The third-order valence-corrected chi connectivity index (χ3v) is 5.49. The van der Waals surface area contributed by atoms with Gasteiger partial charge in [-0.3, -0.25) is 4.79 Å². The highest BCUT2D eigenvalue weighted by Crippen LogP contribution is 2.47. The third-order valence-electron chi connectivity index (χ3n) is 5.49. The summed E-state index contributed by atoms with van der Waals surface area (Å²) in [4.78, 5) is 24.3. The molecule has 0 aromatic rings. The van der Waals surface area contributed by atoms with E-state index in [-0.39, 0.29) is 24.3 Å². The summed E-state index contributed by atoms with van der Waals surface area (Å²) in [5.74, 6) is -3.74. The molecule has 0 radical (unpaired) electrons. The Hall–Kier alpha value is -1.70. The first-order valence-electron chi connectivity index (χ1n) is 8.86. The third kappa shape index (κ3) is 2.98. The molecule has 2 N–H and O–H groups in total. The number of hydrogen-bond acceptors (Lipinski definition) is 7. The van der Waals surface area contributed by atoms with E-state index in [4.69, 9.17) is 14.2 Å². The molecule has 3 aliphatic rings. The SMILES string of the molecule is C=C1C(=O)OC2C=C(C)C3(O)OC(C)(CC(OC(=O)C(C)C)C12)CC3O. The molecule has 6 unspecified atom stereocenters. The summed E-state index contributed by atoms with van der Waals surface area (Å²) in [5, 5.41) is 21.2. The molecule has 144 valence electrons. The van der Waals surface area contributed by atoms with E-state index < -0.39 is 47.6 Å². The highest BCUT2D eigenvalue weighted by molar-refractivity contribution is 5.91. The van der Waals surface area contributed by atoms with E-state index in [1.54, 1.807) is 33.8 Å².